The summed E-state index contributed by atoms with van der Waals surface area (Å²) >= 11 is 0. The summed E-state index contributed by atoms with van der Waals surface area (Å²) in [5.74, 6) is 0.734. The van der Waals surface area contributed by atoms with Crippen LogP contribution >= 0.6 is 0 Å². The van der Waals surface area contributed by atoms with Crippen LogP contribution in [0.4, 0.5) is 4.79 Å². The summed E-state index contributed by atoms with van der Waals surface area (Å²) in [6.45, 7) is 8.38. The molecule has 2 aliphatic rings. The highest BCUT2D eigenvalue weighted by Crippen LogP contribution is 2.44. The second-order valence-corrected chi connectivity index (χ2v) is 8.67. The first-order chi connectivity index (χ1) is 12.8. The van der Waals surface area contributed by atoms with E-state index in [1.807, 2.05) is 37.2 Å². The van der Waals surface area contributed by atoms with Crippen molar-refractivity contribution in [3.63, 3.8) is 0 Å². The van der Waals surface area contributed by atoms with Crippen molar-refractivity contribution in [2.24, 2.45) is 17.3 Å². The van der Waals surface area contributed by atoms with Crippen molar-refractivity contribution in [2.45, 2.75) is 20.4 Å². The smallest absolute Gasteiger partial charge is 0.317 e. The molecule has 6 nitrogen and oxygen atoms in total. The summed E-state index contributed by atoms with van der Waals surface area (Å²) in [6, 6.07) is 10.3. The number of urea groups is 1. The van der Waals surface area contributed by atoms with Gasteiger partial charge in [-0.05, 0) is 11.5 Å². The predicted octanol–water partition coefficient (Wildman–Crippen LogP) is 1.87. The Morgan fingerprint density at radius 2 is 1.89 bits per heavy atom. The second-order valence-electron chi connectivity index (χ2n) is 8.67. The highest BCUT2D eigenvalue weighted by molar-refractivity contribution is 5.86. The molecular formula is C21H32N4O2. The molecule has 2 aliphatic heterocycles. The van der Waals surface area contributed by atoms with E-state index >= 15 is 0 Å². The molecule has 2 atom stereocenters. The van der Waals surface area contributed by atoms with Crippen LogP contribution < -0.4 is 5.32 Å². The number of likely N-dealkylation sites (tertiary alicyclic amines) is 2. The zero-order valence-electron chi connectivity index (χ0n) is 16.9. The maximum Gasteiger partial charge on any atom is 0.317 e. The van der Waals surface area contributed by atoms with Crippen LogP contribution in [0.1, 0.15) is 19.4 Å². The van der Waals surface area contributed by atoms with Gasteiger partial charge in [0, 0.05) is 59.3 Å². The lowest BCUT2D eigenvalue weighted by Crippen LogP contribution is -2.48. The van der Waals surface area contributed by atoms with E-state index < -0.39 is 5.41 Å². The Morgan fingerprint density at radius 1 is 1.19 bits per heavy atom. The summed E-state index contributed by atoms with van der Waals surface area (Å²) < 4.78 is 0. The van der Waals surface area contributed by atoms with E-state index in [1.165, 1.54) is 5.56 Å². The quantitative estimate of drug-likeness (QED) is 0.859. The minimum Gasteiger partial charge on any atom is -0.348 e. The standard InChI is InChI=1S/C21H32N4O2/c1-16(2)10-22-20(27)25-13-18-12-24(11-17-8-6-5-7-9-17)14-21(18,15-25)19(26)23(3)4/h5-9,16,18H,10-15H2,1-4H3,(H,22,27)/t18-,21-/m0/s1. The van der Waals surface area contributed by atoms with Crippen molar-refractivity contribution in [3.05, 3.63) is 35.9 Å². The van der Waals surface area contributed by atoms with Crippen molar-refractivity contribution in [2.75, 3.05) is 46.8 Å². The molecule has 0 bridgehead atoms. The first-order valence-corrected chi connectivity index (χ1v) is 9.82. The molecule has 1 aromatic rings. The van der Waals surface area contributed by atoms with Crippen LogP contribution in [-0.4, -0.2) is 73.5 Å². The van der Waals surface area contributed by atoms with Crippen LogP contribution in [0.5, 0.6) is 0 Å². The average molecular weight is 373 g/mol. The fourth-order valence-electron chi connectivity index (χ4n) is 4.44. The zero-order chi connectivity index (χ0) is 19.6. The molecule has 27 heavy (non-hydrogen) atoms. The lowest BCUT2D eigenvalue weighted by atomic mass is 9.80. The van der Waals surface area contributed by atoms with Crippen LogP contribution in [0, 0.1) is 17.3 Å². The Hall–Kier alpha value is -2.08. The molecule has 1 N–H and O–H groups in total. The molecular weight excluding hydrogens is 340 g/mol. The molecule has 0 aliphatic carbocycles. The van der Waals surface area contributed by atoms with Crippen LogP contribution in [-0.2, 0) is 11.3 Å². The first-order valence-electron chi connectivity index (χ1n) is 9.82. The largest absolute Gasteiger partial charge is 0.348 e. The Morgan fingerprint density at radius 3 is 2.52 bits per heavy atom. The van der Waals surface area contributed by atoms with E-state index in [9.17, 15) is 9.59 Å². The number of hydrogen-bond donors (Lipinski definition) is 1. The van der Waals surface area contributed by atoms with Gasteiger partial charge in [-0.25, -0.2) is 4.79 Å². The lowest BCUT2D eigenvalue weighted by Gasteiger charge is -2.31. The van der Waals surface area contributed by atoms with Crippen molar-refractivity contribution in [1.82, 2.24) is 20.0 Å². The molecule has 0 aromatic heterocycles. The third kappa shape index (κ3) is 4.10. The molecule has 3 amide bonds. The molecule has 6 heteroatoms. The number of carbonyl (C=O) groups excluding carboxylic acids is 2. The molecule has 3 rings (SSSR count). The number of fused-ring (bicyclic) bond motifs is 1. The van der Waals surface area contributed by atoms with Crippen molar-refractivity contribution in [1.29, 1.82) is 0 Å². The van der Waals surface area contributed by atoms with Gasteiger partial charge in [0.1, 0.15) is 0 Å². The van der Waals surface area contributed by atoms with E-state index in [2.05, 4.69) is 36.2 Å². The summed E-state index contributed by atoms with van der Waals surface area (Å²) in [5.41, 5.74) is 0.768. The van der Waals surface area contributed by atoms with Gasteiger partial charge in [0.2, 0.25) is 5.91 Å². The monoisotopic (exact) mass is 372 g/mol. The Balaban J connectivity index is 1.73. The lowest BCUT2D eigenvalue weighted by molar-refractivity contribution is -0.139. The molecule has 148 valence electrons. The summed E-state index contributed by atoms with van der Waals surface area (Å²) in [7, 11) is 3.63. The Kier molecular flexibility index (Phi) is 5.75. The highest BCUT2D eigenvalue weighted by atomic mass is 16.2. The SMILES string of the molecule is CC(C)CNC(=O)N1C[C@@H]2CN(Cc3ccccc3)C[C@]2(C(=O)N(C)C)C1. The predicted molar refractivity (Wildman–Crippen MR) is 106 cm³/mol. The normalized spacial score (nSPS) is 24.9. The number of amides is 3. The molecule has 2 saturated heterocycles. The Bertz CT molecular complexity index is 676. The maximum atomic E-state index is 13.1. The van der Waals surface area contributed by atoms with Crippen LogP contribution in [0.25, 0.3) is 0 Å². The molecule has 0 radical (unpaired) electrons. The van der Waals surface area contributed by atoms with Crippen molar-refractivity contribution in [3.8, 4) is 0 Å². The summed E-state index contributed by atoms with van der Waals surface area (Å²) in [6.07, 6.45) is 0. The fourth-order valence-corrected chi connectivity index (χ4v) is 4.44. The fraction of sp³-hybridized carbons (Fsp3) is 0.619. The van der Waals surface area contributed by atoms with Gasteiger partial charge in [-0.3, -0.25) is 9.69 Å². The second kappa shape index (κ2) is 7.89. The minimum atomic E-state index is -0.493. The highest BCUT2D eigenvalue weighted by Gasteiger charge is 2.58. The molecule has 1 aromatic carbocycles. The molecule has 0 spiro atoms. The van der Waals surface area contributed by atoms with Crippen LogP contribution in [0.2, 0.25) is 0 Å². The average Bonchev–Trinajstić information content (AvgIpc) is 3.14. The number of nitrogens with zero attached hydrogens (tertiary/aromatic N) is 3. The maximum absolute atomic E-state index is 13.1. The topological polar surface area (TPSA) is 55.9 Å². The first kappa shape index (κ1) is 19.7. The number of carbonyl (C=O) groups is 2. The number of hydrogen-bond acceptors (Lipinski definition) is 3. The third-order valence-electron chi connectivity index (χ3n) is 5.71. The molecule has 2 heterocycles. The molecule has 2 fully saturated rings. The van der Waals surface area contributed by atoms with E-state index in [0.29, 0.717) is 32.1 Å². The molecule has 0 saturated carbocycles. The number of rotatable bonds is 5. The minimum absolute atomic E-state index is 0.0429. The van der Waals surface area contributed by atoms with E-state index in [-0.39, 0.29) is 17.9 Å². The third-order valence-corrected chi connectivity index (χ3v) is 5.71. The van der Waals surface area contributed by atoms with E-state index in [1.54, 1.807) is 4.90 Å². The van der Waals surface area contributed by atoms with Gasteiger partial charge < -0.3 is 15.1 Å². The van der Waals surface area contributed by atoms with Crippen LogP contribution in [0.3, 0.4) is 0 Å². The van der Waals surface area contributed by atoms with Gasteiger partial charge in [-0.15, -0.1) is 0 Å². The van der Waals surface area contributed by atoms with Gasteiger partial charge in [0.25, 0.3) is 0 Å². The summed E-state index contributed by atoms with van der Waals surface area (Å²) in [4.78, 5) is 31.6. The number of nitrogens with one attached hydrogen (secondary N) is 1. The van der Waals surface area contributed by atoms with Gasteiger partial charge in [0.15, 0.2) is 0 Å². The van der Waals surface area contributed by atoms with Crippen molar-refractivity contribution >= 4 is 11.9 Å². The summed E-state index contributed by atoms with van der Waals surface area (Å²) in [5, 5.41) is 3.00. The zero-order valence-corrected chi connectivity index (χ0v) is 16.9. The molecule has 0 unspecified atom stereocenters. The van der Waals surface area contributed by atoms with Gasteiger partial charge in [-0.1, -0.05) is 44.2 Å². The van der Waals surface area contributed by atoms with E-state index in [4.69, 9.17) is 0 Å². The van der Waals surface area contributed by atoms with Crippen LogP contribution in [0.15, 0.2) is 30.3 Å². The van der Waals surface area contributed by atoms with Crippen molar-refractivity contribution < 1.29 is 9.59 Å². The van der Waals surface area contributed by atoms with E-state index in [0.717, 1.165) is 13.1 Å². The number of benzene rings is 1. The van der Waals surface area contributed by atoms with Gasteiger partial charge in [-0.2, -0.15) is 0 Å². The Labute approximate surface area is 162 Å². The van der Waals surface area contributed by atoms with Gasteiger partial charge >= 0.3 is 6.03 Å². The van der Waals surface area contributed by atoms with Gasteiger partial charge in [0.05, 0.1) is 5.41 Å².